The fourth-order valence-electron chi connectivity index (χ4n) is 2.67. The van der Waals surface area contributed by atoms with E-state index in [1.165, 1.54) is 12.1 Å². The predicted molar refractivity (Wildman–Crippen MR) is 75.5 cm³/mol. The van der Waals surface area contributed by atoms with Crippen LogP contribution in [0.3, 0.4) is 0 Å². The summed E-state index contributed by atoms with van der Waals surface area (Å²) < 4.78 is 93.5. The summed E-state index contributed by atoms with van der Waals surface area (Å²) in [6.45, 7) is -0.126. The lowest BCUT2D eigenvalue weighted by Gasteiger charge is -2.30. The van der Waals surface area contributed by atoms with Gasteiger partial charge in [-0.3, -0.25) is 4.31 Å². The van der Waals surface area contributed by atoms with E-state index in [2.05, 4.69) is 0 Å². The second kappa shape index (κ2) is 5.73. The van der Waals surface area contributed by atoms with Crippen LogP contribution in [0.15, 0.2) is 29.2 Å². The Kier molecular flexibility index (Phi) is 3.98. The first-order valence-corrected chi connectivity index (χ1v) is 8.33. The van der Waals surface area contributed by atoms with Crippen molar-refractivity contribution in [2.45, 2.75) is 17.7 Å². The molecule has 3 nitrogen and oxygen atoms in total. The van der Waals surface area contributed by atoms with Gasteiger partial charge in [0, 0.05) is 6.54 Å². The number of anilines is 1. The molecule has 128 valence electrons. The van der Waals surface area contributed by atoms with Gasteiger partial charge in [0.25, 0.3) is 10.0 Å². The lowest BCUT2D eigenvalue weighted by atomic mass is 10.0. The highest BCUT2D eigenvalue weighted by Gasteiger charge is 2.38. The van der Waals surface area contributed by atoms with Crippen LogP contribution in [0.2, 0.25) is 0 Å². The minimum absolute atomic E-state index is 0.126. The second-order valence-electron chi connectivity index (χ2n) is 5.21. The molecule has 0 amide bonds. The second-order valence-corrected chi connectivity index (χ2v) is 7.01. The molecule has 1 aliphatic heterocycles. The zero-order chi connectivity index (χ0) is 17.6. The third kappa shape index (κ3) is 2.34. The van der Waals surface area contributed by atoms with Crippen LogP contribution in [0.4, 0.5) is 27.6 Å². The highest BCUT2D eigenvalue weighted by Crippen LogP contribution is 2.35. The normalized spacial score (nSPS) is 14.6. The predicted octanol–water partition coefficient (Wildman–Crippen LogP) is 3.52. The van der Waals surface area contributed by atoms with Crippen molar-refractivity contribution in [2.24, 2.45) is 0 Å². The first-order chi connectivity index (χ1) is 11.3. The number of fused-ring (bicyclic) bond motifs is 1. The Morgan fingerprint density at radius 1 is 0.833 bits per heavy atom. The van der Waals surface area contributed by atoms with Crippen LogP contribution in [0.5, 0.6) is 0 Å². The first-order valence-electron chi connectivity index (χ1n) is 6.89. The molecule has 9 heteroatoms. The number of hydrogen-bond acceptors (Lipinski definition) is 2. The van der Waals surface area contributed by atoms with Gasteiger partial charge >= 0.3 is 0 Å². The minimum Gasteiger partial charge on any atom is -0.266 e. The van der Waals surface area contributed by atoms with E-state index in [0.717, 1.165) is 0 Å². The van der Waals surface area contributed by atoms with Gasteiger partial charge in [0.2, 0.25) is 5.82 Å². The number of sulfonamides is 1. The van der Waals surface area contributed by atoms with Crippen LogP contribution in [0, 0.1) is 29.1 Å². The molecule has 0 aromatic heterocycles. The van der Waals surface area contributed by atoms with Crippen LogP contribution < -0.4 is 4.31 Å². The van der Waals surface area contributed by atoms with Crippen LogP contribution in [-0.4, -0.2) is 15.0 Å². The number of hydrogen-bond donors (Lipinski definition) is 0. The Bertz CT molecular complexity index is 901. The Morgan fingerprint density at radius 3 is 2.00 bits per heavy atom. The maximum atomic E-state index is 13.9. The molecule has 0 unspecified atom stereocenters. The fourth-order valence-corrected chi connectivity index (χ4v) is 4.33. The van der Waals surface area contributed by atoms with E-state index in [9.17, 15) is 30.4 Å². The maximum Gasteiger partial charge on any atom is 0.270 e. The maximum absolute atomic E-state index is 13.9. The smallest absolute Gasteiger partial charge is 0.266 e. The molecule has 1 heterocycles. The quantitative estimate of drug-likeness (QED) is 0.465. The van der Waals surface area contributed by atoms with Gasteiger partial charge in [-0.1, -0.05) is 18.2 Å². The van der Waals surface area contributed by atoms with Crippen molar-refractivity contribution in [1.82, 2.24) is 0 Å². The zero-order valence-electron chi connectivity index (χ0n) is 12.0. The van der Waals surface area contributed by atoms with Gasteiger partial charge in [0.15, 0.2) is 28.2 Å². The monoisotopic (exact) mass is 363 g/mol. The number of halogens is 5. The van der Waals surface area contributed by atoms with Gasteiger partial charge in [0.1, 0.15) is 0 Å². The van der Waals surface area contributed by atoms with Crippen molar-refractivity contribution in [3.63, 3.8) is 0 Å². The van der Waals surface area contributed by atoms with E-state index in [-0.39, 0.29) is 12.2 Å². The average Bonchev–Trinajstić information content (AvgIpc) is 2.57. The summed E-state index contributed by atoms with van der Waals surface area (Å²) in [4.78, 5) is -1.84. The van der Waals surface area contributed by atoms with Crippen molar-refractivity contribution in [2.75, 3.05) is 10.8 Å². The molecule has 2 aromatic rings. The van der Waals surface area contributed by atoms with E-state index < -0.39 is 44.0 Å². The summed E-state index contributed by atoms with van der Waals surface area (Å²) in [6.07, 6.45) is 0.894. The summed E-state index contributed by atoms with van der Waals surface area (Å²) in [5, 5.41) is 0. The van der Waals surface area contributed by atoms with Crippen LogP contribution >= 0.6 is 0 Å². The van der Waals surface area contributed by atoms with Gasteiger partial charge in [-0.05, 0) is 24.5 Å². The molecule has 0 saturated heterocycles. The van der Waals surface area contributed by atoms with E-state index in [4.69, 9.17) is 0 Å². The fraction of sp³-hybridized carbons (Fsp3) is 0.200. The number of benzene rings is 2. The van der Waals surface area contributed by atoms with Crippen LogP contribution in [0.25, 0.3) is 0 Å². The SMILES string of the molecule is O=S(=O)(c1c(F)c(F)c(F)c(F)c1F)N1CCCc2ccccc21. The Balaban J connectivity index is 2.25. The molecule has 0 spiro atoms. The third-order valence-corrected chi connectivity index (χ3v) is 5.62. The molecule has 1 aliphatic rings. The summed E-state index contributed by atoms with van der Waals surface area (Å²) in [5.74, 6) is -11.7. The number of nitrogens with zero attached hydrogens (tertiary/aromatic N) is 1. The van der Waals surface area contributed by atoms with Crippen molar-refractivity contribution in [3.8, 4) is 0 Å². The van der Waals surface area contributed by atoms with E-state index in [0.29, 0.717) is 22.7 Å². The Labute approximate surface area is 134 Å². The summed E-state index contributed by atoms with van der Waals surface area (Å²) in [5.41, 5.74) is 0.767. The van der Waals surface area contributed by atoms with Gasteiger partial charge < -0.3 is 0 Å². The van der Waals surface area contributed by atoms with Gasteiger partial charge in [-0.25, -0.2) is 30.4 Å². The van der Waals surface area contributed by atoms with Crippen molar-refractivity contribution < 1.29 is 30.4 Å². The molecule has 0 bridgehead atoms. The summed E-state index contributed by atoms with van der Waals surface area (Å²) in [6, 6.07) is 6.23. The molecule has 0 fully saturated rings. The standard InChI is InChI=1S/C15H10F5NO2S/c16-10-11(17)13(19)15(14(20)12(10)18)24(22,23)21-7-3-5-8-4-1-2-6-9(8)21/h1-2,4,6H,3,5,7H2. The molecule has 0 N–H and O–H groups in total. The van der Waals surface area contributed by atoms with E-state index in [1.807, 2.05) is 0 Å². The molecule has 0 aliphatic carbocycles. The number of rotatable bonds is 2. The Morgan fingerprint density at radius 2 is 1.38 bits per heavy atom. The molecule has 24 heavy (non-hydrogen) atoms. The molecule has 3 rings (SSSR count). The van der Waals surface area contributed by atoms with E-state index in [1.54, 1.807) is 12.1 Å². The molecular weight excluding hydrogens is 353 g/mol. The van der Waals surface area contributed by atoms with Crippen LogP contribution in [0.1, 0.15) is 12.0 Å². The molecule has 0 radical (unpaired) electrons. The van der Waals surface area contributed by atoms with Crippen molar-refractivity contribution in [1.29, 1.82) is 0 Å². The average molecular weight is 363 g/mol. The summed E-state index contributed by atoms with van der Waals surface area (Å²) >= 11 is 0. The molecule has 2 aromatic carbocycles. The topological polar surface area (TPSA) is 37.4 Å². The van der Waals surface area contributed by atoms with Gasteiger partial charge in [-0.2, -0.15) is 0 Å². The lowest BCUT2D eigenvalue weighted by molar-refractivity contribution is 0.357. The highest BCUT2D eigenvalue weighted by atomic mass is 32.2. The molecular formula is C15H10F5NO2S. The largest absolute Gasteiger partial charge is 0.270 e. The molecule has 0 saturated carbocycles. The van der Waals surface area contributed by atoms with Gasteiger partial charge in [-0.15, -0.1) is 0 Å². The van der Waals surface area contributed by atoms with Crippen molar-refractivity contribution in [3.05, 3.63) is 58.9 Å². The first kappa shape index (κ1) is 16.7. The minimum atomic E-state index is -4.96. The Hall–Kier alpha value is -2.16. The van der Waals surface area contributed by atoms with Gasteiger partial charge in [0.05, 0.1) is 5.69 Å². The van der Waals surface area contributed by atoms with Crippen molar-refractivity contribution >= 4 is 15.7 Å². The number of aryl methyl sites for hydroxylation is 1. The zero-order valence-corrected chi connectivity index (χ0v) is 12.8. The third-order valence-electron chi connectivity index (χ3n) is 3.79. The summed E-state index contributed by atoms with van der Waals surface area (Å²) in [7, 11) is -4.96. The molecule has 0 atom stereocenters. The number of para-hydroxylation sites is 1. The van der Waals surface area contributed by atoms with E-state index >= 15 is 0 Å². The van der Waals surface area contributed by atoms with Crippen LogP contribution in [-0.2, 0) is 16.4 Å². The lowest BCUT2D eigenvalue weighted by Crippen LogP contribution is -2.37. The highest BCUT2D eigenvalue weighted by molar-refractivity contribution is 7.92.